The van der Waals surface area contributed by atoms with Crippen molar-refractivity contribution in [3.8, 4) is 0 Å². The van der Waals surface area contributed by atoms with Crippen molar-refractivity contribution in [2.45, 2.75) is 12.6 Å². The number of halogens is 2. The molecule has 1 aliphatic heterocycles. The molecule has 21 heavy (non-hydrogen) atoms. The first-order chi connectivity index (χ1) is 10.1. The first kappa shape index (κ1) is 13.9. The second-order valence-electron chi connectivity index (χ2n) is 4.99. The molecule has 5 heteroatoms. The van der Waals surface area contributed by atoms with Crippen LogP contribution in [0.4, 0.5) is 4.39 Å². The van der Waals surface area contributed by atoms with Gasteiger partial charge >= 0.3 is 0 Å². The molecule has 0 radical (unpaired) electrons. The second-order valence-corrected chi connectivity index (χ2v) is 5.43. The van der Waals surface area contributed by atoms with E-state index < -0.39 is 0 Å². The molecule has 0 amide bonds. The van der Waals surface area contributed by atoms with Gasteiger partial charge in [-0.3, -0.25) is 4.99 Å². The number of benzene rings is 2. The maximum Gasteiger partial charge on any atom is 0.192 e. The zero-order valence-corrected chi connectivity index (χ0v) is 12.1. The first-order valence-corrected chi connectivity index (χ1v) is 7.08. The highest BCUT2D eigenvalue weighted by molar-refractivity contribution is 6.30. The number of hydrogen-bond acceptors (Lipinski definition) is 3. The highest BCUT2D eigenvalue weighted by Gasteiger charge is 2.29. The lowest BCUT2D eigenvalue weighted by Gasteiger charge is -2.27. The Morgan fingerprint density at radius 3 is 2.76 bits per heavy atom. The summed E-state index contributed by atoms with van der Waals surface area (Å²) in [5, 5.41) is 0.511. The molecule has 2 aromatic carbocycles. The molecular formula is C16H15ClFN3. The maximum absolute atomic E-state index is 14.1. The van der Waals surface area contributed by atoms with Gasteiger partial charge in [0.15, 0.2) is 5.96 Å². The Morgan fingerprint density at radius 1 is 1.24 bits per heavy atom. The van der Waals surface area contributed by atoms with Gasteiger partial charge in [-0.05, 0) is 23.8 Å². The van der Waals surface area contributed by atoms with Gasteiger partial charge in [-0.1, -0.05) is 41.9 Å². The molecule has 2 aromatic rings. The van der Waals surface area contributed by atoms with E-state index in [1.165, 1.54) is 6.07 Å². The van der Waals surface area contributed by atoms with Gasteiger partial charge in [0.05, 0.1) is 12.6 Å². The Labute approximate surface area is 127 Å². The summed E-state index contributed by atoms with van der Waals surface area (Å²) < 4.78 is 14.1. The van der Waals surface area contributed by atoms with Gasteiger partial charge in [0.2, 0.25) is 0 Å². The van der Waals surface area contributed by atoms with Crippen molar-refractivity contribution in [3.63, 3.8) is 0 Å². The molecule has 2 N–H and O–H groups in total. The fourth-order valence-corrected chi connectivity index (χ4v) is 2.72. The van der Waals surface area contributed by atoms with E-state index in [0.717, 1.165) is 5.56 Å². The Kier molecular flexibility index (Phi) is 3.80. The maximum atomic E-state index is 14.1. The van der Waals surface area contributed by atoms with Gasteiger partial charge in [0.1, 0.15) is 5.82 Å². The molecule has 0 fully saturated rings. The van der Waals surface area contributed by atoms with E-state index in [1.807, 2.05) is 35.2 Å². The van der Waals surface area contributed by atoms with Gasteiger partial charge < -0.3 is 10.6 Å². The minimum atomic E-state index is -0.285. The fourth-order valence-electron chi connectivity index (χ4n) is 2.54. The number of nitrogens with zero attached hydrogens (tertiary/aromatic N) is 2. The van der Waals surface area contributed by atoms with Crippen molar-refractivity contribution in [1.82, 2.24) is 4.90 Å². The Morgan fingerprint density at radius 2 is 2.00 bits per heavy atom. The second kappa shape index (κ2) is 5.74. The molecule has 108 valence electrons. The molecule has 1 heterocycles. The Balaban J connectivity index is 1.90. The van der Waals surface area contributed by atoms with Gasteiger partial charge in [0, 0.05) is 17.1 Å². The predicted molar refractivity (Wildman–Crippen MR) is 82.6 cm³/mol. The molecule has 0 saturated carbocycles. The number of hydrogen-bond donors (Lipinski definition) is 1. The van der Waals surface area contributed by atoms with E-state index in [2.05, 4.69) is 4.99 Å². The molecule has 1 atom stereocenters. The molecule has 0 spiro atoms. The van der Waals surface area contributed by atoms with Crippen LogP contribution in [0, 0.1) is 5.82 Å². The van der Waals surface area contributed by atoms with Gasteiger partial charge in [0.25, 0.3) is 0 Å². The van der Waals surface area contributed by atoms with Crippen molar-refractivity contribution in [3.05, 3.63) is 70.5 Å². The number of nitrogens with two attached hydrogens (primary N) is 1. The molecule has 1 aliphatic rings. The summed E-state index contributed by atoms with van der Waals surface area (Å²) in [7, 11) is 0. The van der Waals surface area contributed by atoms with E-state index in [1.54, 1.807) is 12.1 Å². The average Bonchev–Trinajstić information content (AvgIpc) is 2.84. The quantitative estimate of drug-likeness (QED) is 0.945. The van der Waals surface area contributed by atoms with Crippen LogP contribution in [0.15, 0.2) is 53.5 Å². The summed E-state index contributed by atoms with van der Waals surface area (Å²) in [4.78, 5) is 6.16. The molecule has 0 aliphatic carbocycles. The van der Waals surface area contributed by atoms with Crippen LogP contribution in [0.3, 0.4) is 0 Å². The highest BCUT2D eigenvalue weighted by Crippen LogP contribution is 2.30. The molecule has 0 bridgehead atoms. The summed E-state index contributed by atoms with van der Waals surface area (Å²) in [6, 6.07) is 14.3. The smallest absolute Gasteiger partial charge is 0.192 e. The fraction of sp³-hybridized carbons (Fsp3) is 0.188. The summed E-state index contributed by atoms with van der Waals surface area (Å²) in [6.07, 6.45) is 0. The van der Waals surface area contributed by atoms with Crippen LogP contribution < -0.4 is 5.73 Å². The van der Waals surface area contributed by atoms with E-state index in [-0.39, 0.29) is 11.9 Å². The summed E-state index contributed by atoms with van der Waals surface area (Å²) in [5.74, 6) is 0.149. The lowest BCUT2D eigenvalue weighted by Crippen LogP contribution is -2.35. The monoisotopic (exact) mass is 303 g/mol. The van der Waals surface area contributed by atoms with Crippen LogP contribution >= 0.6 is 11.6 Å². The van der Waals surface area contributed by atoms with Crippen molar-refractivity contribution in [2.24, 2.45) is 10.7 Å². The minimum absolute atomic E-state index is 0.219. The van der Waals surface area contributed by atoms with Crippen molar-refractivity contribution in [2.75, 3.05) is 6.54 Å². The summed E-state index contributed by atoms with van der Waals surface area (Å²) >= 11 is 5.99. The number of guanidine groups is 1. The number of aliphatic imine (C=N–C) groups is 1. The van der Waals surface area contributed by atoms with Gasteiger partial charge in [-0.2, -0.15) is 0 Å². The molecule has 1 unspecified atom stereocenters. The zero-order chi connectivity index (χ0) is 14.8. The number of rotatable bonds is 3. The third kappa shape index (κ3) is 2.85. The lowest BCUT2D eigenvalue weighted by molar-refractivity contribution is 0.332. The van der Waals surface area contributed by atoms with Crippen LogP contribution in [-0.2, 0) is 6.54 Å². The summed E-state index contributed by atoms with van der Waals surface area (Å²) in [6.45, 7) is 1.03. The largest absolute Gasteiger partial charge is 0.370 e. The molecule has 0 saturated heterocycles. The van der Waals surface area contributed by atoms with E-state index >= 15 is 0 Å². The Bertz CT molecular complexity index is 672. The van der Waals surface area contributed by atoms with E-state index in [4.69, 9.17) is 17.3 Å². The standard InChI is InChI=1S/C16H15ClFN3/c17-12-6-7-14(18)13(8-12)15-9-20-16(19)21(15)10-11-4-2-1-3-5-11/h1-8,15H,9-10H2,(H2,19,20). The third-order valence-electron chi connectivity index (χ3n) is 3.61. The van der Waals surface area contributed by atoms with Gasteiger partial charge in [-0.25, -0.2) is 4.39 Å². The van der Waals surface area contributed by atoms with Crippen molar-refractivity contribution in [1.29, 1.82) is 0 Å². The van der Waals surface area contributed by atoms with Gasteiger partial charge in [-0.15, -0.1) is 0 Å². The molecular weight excluding hydrogens is 289 g/mol. The van der Waals surface area contributed by atoms with E-state index in [0.29, 0.717) is 29.6 Å². The Hall–Kier alpha value is -2.07. The van der Waals surface area contributed by atoms with Crippen LogP contribution in [0.2, 0.25) is 5.02 Å². The molecule has 3 rings (SSSR count). The van der Waals surface area contributed by atoms with Crippen LogP contribution in [0.5, 0.6) is 0 Å². The topological polar surface area (TPSA) is 41.6 Å². The minimum Gasteiger partial charge on any atom is -0.370 e. The zero-order valence-electron chi connectivity index (χ0n) is 11.3. The normalized spacial score (nSPS) is 17.9. The highest BCUT2D eigenvalue weighted by atomic mass is 35.5. The van der Waals surface area contributed by atoms with Crippen LogP contribution in [0.25, 0.3) is 0 Å². The SMILES string of the molecule is NC1=NCC(c2cc(Cl)ccc2F)N1Cc1ccccc1. The average molecular weight is 304 g/mol. The van der Waals surface area contributed by atoms with Crippen molar-refractivity contribution < 1.29 is 4.39 Å². The van der Waals surface area contributed by atoms with Crippen LogP contribution in [-0.4, -0.2) is 17.4 Å². The van der Waals surface area contributed by atoms with Crippen molar-refractivity contribution >= 4 is 17.6 Å². The summed E-state index contributed by atoms with van der Waals surface area (Å²) in [5.41, 5.74) is 7.60. The first-order valence-electron chi connectivity index (χ1n) is 6.70. The third-order valence-corrected chi connectivity index (χ3v) is 3.84. The van der Waals surface area contributed by atoms with Crippen LogP contribution in [0.1, 0.15) is 17.2 Å². The molecule has 3 nitrogen and oxygen atoms in total. The molecule has 0 aromatic heterocycles. The van der Waals surface area contributed by atoms with E-state index in [9.17, 15) is 4.39 Å². The lowest BCUT2D eigenvalue weighted by atomic mass is 10.0. The predicted octanol–water partition coefficient (Wildman–Crippen LogP) is 3.35.